The summed E-state index contributed by atoms with van der Waals surface area (Å²) in [5.74, 6) is -0.562. The van der Waals surface area contributed by atoms with Crippen LogP contribution in [0.3, 0.4) is 0 Å². The molecule has 0 aliphatic carbocycles. The van der Waals surface area contributed by atoms with Gasteiger partial charge in [0.1, 0.15) is 12.7 Å². The molecule has 3 rings (SSSR count). The van der Waals surface area contributed by atoms with E-state index in [1.807, 2.05) is 18.2 Å². The average Bonchev–Trinajstić information content (AvgIpc) is 3.23. The second-order valence-corrected chi connectivity index (χ2v) is 5.95. The Bertz CT molecular complexity index is 983. The number of carbonyl (C=O) groups is 1. The molecule has 1 N–H and O–H groups in total. The molecule has 0 radical (unpaired) electrons. The van der Waals surface area contributed by atoms with Crippen LogP contribution in [-0.2, 0) is 17.9 Å². The summed E-state index contributed by atoms with van der Waals surface area (Å²) in [6, 6.07) is 7.40. The first-order valence-electron chi connectivity index (χ1n) is 7.78. The number of nitrogens with one attached hydrogen (secondary N) is 1. The van der Waals surface area contributed by atoms with Gasteiger partial charge in [0.05, 0.1) is 30.5 Å². The maximum Gasteiger partial charge on any atom is 0.350 e. The van der Waals surface area contributed by atoms with Crippen molar-refractivity contribution in [1.82, 2.24) is 19.6 Å². The van der Waals surface area contributed by atoms with Gasteiger partial charge >= 0.3 is 11.6 Å². The van der Waals surface area contributed by atoms with Crippen LogP contribution in [0.4, 0.5) is 11.4 Å². The fraction of sp³-hybridized carbons (Fsp3) is 0.188. The number of benzene rings is 1. The number of rotatable bonds is 7. The van der Waals surface area contributed by atoms with Crippen molar-refractivity contribution in [2.45, 2.75) is 13.1 Å². The molecule has 0 aliphatic rings. The van der Waals surface area contributed by atoms with Crippen LogP contribution in [0.5, 0.6) is 5.88 Å². The highest BCUT2D eigenvalue weighted by Crippen LogP contribution is 2.24. The van der Waals surface area contributed by atoms with E-state index in [-0.39, 0.29) is 18.1 Å². The van der Waals surface area contributed by atoms with Crippen LogP contribution in [0.15, 0.2) is 42.9 Å². The number of aromatic nitrogens is 4. The van der Waals surface area contributed by atoms with Gasteiger partial charge in [-0.1, -0.05) is 29.8 Å². The number of methoxy groups -OCH3 is 1. The van der Waals surface area contributed by atoms with E-state index in [1.165, 1.54) is 13.3 Å². The molecule has 0 spiro atoms. The first-order chi connectivity index (χ1) is 13.0. The summed E-state index contributed by atoms with van der Waals surface area (Å²) in [7, 11) is 1.27. The molecule has 27 heavy (non-hydrogen) atoms. The van der Waals surface area contributed by atoms with E-state index in [2.05, 4.69) is 15.5 Å². The van der Waals surface area contributed by atoms with Crippen LogP contribution in [0, 0.1) is 10.1 Å². The van der Waals surface area contributed by atoms with Gasteiger partial charge in [0.15, 0.2) is 0 Å². The summed E-state index contributed by atoms with van der Waals surface area (Å²) in [5.41, 5.74) is 1.08. The van der Waals surface area contributed by atoms with Crippen molar-refractivity contribution in [3.8, 4) is 5.88 Å². The minimum absolute atomic E-state index is 0.152. The highest BCUT2D eigenvalue weighted by atomic mass is 35.5. The Morgan fingerprint density at radius 2 is 2.11 bits per heavy atom. The molecule has 0 bridgehead atoms. The number of amides is 1. The van der Waals surface area contributed by atoms with Crippen LogP contribution in [0.2, 0.25) is 5.02 Å². The fourth-order valence-corrected chi connectivity index (χ4v) is 2.60. The minimum atomic E-state index is -0.626. The largest absolute Gasteiger partial charge is 0.475 e. The van der Waals surface area contributed by atoms with Gasteiger partial charge < -0.3 is 10.1 Å². The molecular weight excluding hydrogens is 376 g/mol. The Morgan fingerprint density at radius 1 is 1.33 bits per heavy atom. The van der Waals surface area contributed by atoms with Crippen molar-refractivity contribution < 1.29 is 14.5 Å². The molecule has 0 unspecified atom stereocenters. The number of anilines is 1. The predicted octanol–water partition coefficient (Wildman–Crippen LogP) is 2.34. The predicted molar refractivity (Wildman–Crippen MR) is 96.8 cm³/mol. The minimum Gasteiger partial charge on any atom is -0.475 e. The number of hydrogen-bond acceptors (Lipinski definition) is 6. The molecule has 11 heteroatoms. The summed E-state index contributed by atoms with van der Waals surface area (Å²) in [4.78, 5) is 22.4. The van der Waals surface area contributed by atoms with E-state index < -0.39 is 10.8 Å². The topological polar surface area (TPSA) is 117 Å². The molecule has 0 aliphatic heterocycles. The molecule has 140 valence electrons. The second-order valence-electron chi connectivity index (χ2n) is 5.54. The first-order valence-corrected chi connectivity index (χ1v) is 8.15. The van der Waals surface area contributed by atoms with E-state index >= 15 is 0 Å². The van der Waals surface area contributed by atoms with Gasteiger partial charge in [-0.25, -0.2) is 0 Å². The number of ether oxygens (including phenoxy) is 1. The number of nitro groups is 1. The van der Waals surface area contributed by atoms with Gasteiger partial charge in [-0.15, -0.1) is 5.10 Å². The Hall–Kier alpha value is -3.40. The van der Waals surface area contributed by atoms with Crippen molar-refractivity contribution in [1.29, 1.82) is 0 Å². The number of hydrogen-bond donors (Lipinski definition) is 1. The zero-order valence-electron chi connectivity index (χ0n) is 14.2. The zero-order chi connectivity index (χ0) is 19.4. The van der Waals surface area contributed by atoms with Crippen molar-refractivity contribution in [2.24, 2.45) is 0 Å². The lowest BCUT2D eigenvalue weighted by Gasteiger charge is -2.04. The zero-order valence-corrected chi connectivity index (χ0v) is 15.0. The van der Waals surface area contributed by atoms with E-state index in [1.54, 1.807) is 16.9 Å². The lowest BCUT2D eigenvalue weighted by atomic mass is 10.2. The maximum absolute atomic E-state index is 12.1. The monoisotopic (exact) mass is 390 g/mol. The molecule has 3 aromatic rings. The van der Waals surface area contributed by atoms with Crippen molar-refractivity contribution >= 4 is 28.9 Å². The lowest BCUT2D eigenvalue weighted by molar-refractivity contribution is -0.385. The summed E-state index contributed by atoms with van der Waals surface area (Å²) in [6.45, 7) is 0.248. The van der Waals surface area contributed by atoms with E-state index in [0.717, 1.165) is 16.4 Å². The van der Waals surface area contributed by atoms with Crippen LogP contribution in [0.25, 0.3) is 0 Å². The van der Waals surface area contributed by atoms with E-state index in [4.69, 9.17) is 16.3 Å². The summed E-state index contributed by atoms with van der Waals surface area (Å²) >= 11 is 6.13. The molecule has 0 saturated carbocycles. The molecule has 2 heterocycles. The lowest BCUT2D eigenvalue weighted by Crippen LogP contribution is -2.18. The number of carbonyl (C=O) groups excluding carboxylic acids is 1. The van der Waals surface area contributed by atoms with Gasteiger partial charge in [0, 0.05) is 11.2 Å². The van der Waals surface area contributed by atoms with Crippen molar-refractivity contribution in [2.75, 3.05) is 12.4 Å². The van der Waals surface area contributed by atoms with Crippen LogP contribution < -0.4 is 10.1 Å². The third-order valence-electron chi connectivity index (χ3n) is 3.61. The molecule has 1 aromatic carbocycles. The van der Waals surface area contributed by atoms with Crippen LogP contribution >= 0.6 is 11.6 Å². The molecule has 0 saturated heterocycles. The summed E-state index contributed by atoms with van der Waals surface area (Å²) in [6.07, 6.45) is 4.30. The number of nitrogens with zero attached hydrogens (tertiary/aromatic N) is 5. The smallest absolute Gasteiger partial charge is 0.350 e. The highest BCUT2D eigenvalue weighted by molar-refractivity contribution is 6.31. The van der Waals surface area contributed by atoms with E-state index in [9.17, 15) is 14.9 Å². The van der Waals surface area contributed by atoms with Gasteiger partial charge in [0.25, 0.3) is 0 Å². The molecular formula is C16H15ClN6O4. The molecule has 0 fully saturated rings. The van der Waals surface area contributed by atoms with Crippen molar-refractivity contribution in [3.05, 3.63) is 63.6 Å². The molecule has 1 amide bonds. The van der Waals surface area contributed by atoms with Crippen molar-refractivity contribution in [3.63, 3.8) is 0 Å². The highest BCUT2D eigenvalue weighted by Gasteiger charge is 2.21. The third-order valence-corrected chi connectivity index (χ3v) is 3.98. The van der Waals surface area contributed by atoms with Crippen LogP contribution in [0.1, 0.15) is 5.56 Å². The average molecular weight is 391 g/mol. The second kappa shape index (κ2) is 7.87. The van der Waals surface area contributed by atoms with Gasteiger partial charge in [0.2, 0.25) is 5.91 Å². The van der Waals surface area contributed by atoms with E-state index in [0.29, 0.717) is 17.3 Å². The van der Waals surface area contributed by atoms with Gasteiger partial charge in [-0.2, -0.15) is 5.10 Å². The summed E-state index contributed by atoms with van der Waals surface area (Å²) in [5, 5.41) is 22.2. The number of halogens is 1. The van der Waals surface area contributed by atoms with Gasteiger partial charge in [-0.05, 0) is 11.6 Å². The maximum atomic E-state index is 12.1. The molecule has 2 aromatic heterocycles. The summed E-state index contributed by atoms with van der Waals surface area (Å²) < 4.78 is 7.60. The van der Waals surface area contributed by atoms with Crippen LogP contribution in [-0.4, -0.2) is 37.5 Å². The Kier molecular flexibility index (Phi) is 5.36. The Morgan fingerprint density at radius 3 is 2.78 bits per heavy atom. The first kappa shape index (κ1) is 18.4. The SMILES string of the molecule is COc1nn(CC(=O)Nc2cnn(Cc3ccccc3Cl)c2)cc1[N+](=O)[O-]. The van der Waals surface area contributed by atoms with Gasteiger partial charge in [-0.3, -0.25) is 24.3 Å². The molecule has 10 nitrogen and oxygen atoms in total. The third kappa shape index (κ3) is 4.42. The standard InChI is InChI=1S/C16H15ClN6O4/c1-27-16-14(23(25)26)9-22(20-16)10-15(24)19-12-6-18-21(8-12)7-11-4-2-3-5-13(11)17/h2-6,8-9H,7,10H2,1H3,(H,19,24). The normalized spacial score (nSPS) is 10.6. The quantitative estimate of drug-likeness (QED) is 0.488. The Balaban J connectivity index is 1.63. The molecule has 0 atom stereocenters. The fourth-order valence-electron chi connectivity index (χ4n) is 2.41. The Labute approximate surface area is 158 Å².